The Morgan fingerprint density at radius 3 is 2.00 bits per heavy atom. The second-order valence-corrected chi connectivity index (χ2v) is 12.3. The molecule has 41 heavy (non-hydrogen) atoms. The molecule has 0 aliphatic carbocycles. The highest BCUT2D eigenvalue weighted by atomic mass is 16.6. The fourth-order valence-electron chi connectivity index (χ4n) is 4.60. The van der Waals surface area contributed by atoms with Crippen molar-refractivity contribution < 1.29 is 19.1 Å². The van der Waals surface area contributed by atoms with Gasteiger partial charge in [-0.15, -0.1) is 6.42 Å². The summed E-state index contributed by atoms with van der Waals surface area (Å²) in [5.74, 6) is 1.67. The number of amides is 3. The molecule has 2 rings (SSSR count). The third-order valence-corrected chi connectivity index (χ3v) is 7.54. The minimum atomic E-state index is -1.00. The summed E-state index contributed by atoms with van der Waals surface area (Å²) in [4.78, 5) is 43.4. The van der Waals surface area contributed by atoms with Gasteiger partial charge in [0.05, 0.1) is 0 Å². The maximum Gasteiger partial charge on any atom is 0.408 e. The molecular weight excluding hydrogens is 514 g/mol. The molecule has 2 aromatic carbocycles. The molecule has 2 N–H and O–H groups in total. The van der Waals surface area contributed by atoms with Crippen LogP contribution in [0.4, 0.5) is 10.5 Å². The standard InChI is InChI=1S/C34H47N3O4/c1-12-22(4)28(36-32(40)41-33(7,8)9)31(39)37(34(10,11)14-3)29(26-20-18-25(13-2)19-21-26)30(38)35-27-23(5)16-15-17-24(27)6/h2,15-22,28-29H,12,14H2,1,3-11H3,(H,35,38)(H,36,40). The van der Waals surface area contributed by atoms with Gasteiger partial charge in [-0.25, -0.2) is 4.79 Å². The fraction of sp³-hybridized carbons (Fsp3) is 0.500. The molecule has 0 aromatic heterocycles. The number of rotatable bonds is 10. The van der Waals surface area contributed by atoms with Gasteiger partial charge >= 0.3 is 6.09 Å². The number of carbonyl (C=O) groups is 3. The maximum atomic E-state index is 14.6. The molecule has 0 saturated heterocycles. The molecule has 3 amide bonds. The van der Waals surface area contributed by atoms with E-state index in [0.29, 0.717) is 29.7 Å². The van der Waals surface area contributed by atoms with Gasteiger partial charge in [0.1, 0.15) is 17.7 Å². The molecule has 0 saturated carbocycles. The van der Waals surface area contributed by atoms with E-state index in [4.69, 9.17) is 11.2 Å². The molecule has 7 heteroatoms. The first-order valence-corrected chi connectivity index (χ1v) is 14.3. The fourth-order valence-corrected chi connectivity index (χ4v) is 4.60. The summed E-state index contributed by atoms with van der Waals surface area (Å²) in [5.41, 5.74) is 2.32. The molecule has 3 unspecified atom stereocenters. The lowest BCUT2D eigenvalue weighted by Crippen LogP contribution is -2.60. The Labute approximate surface area is 246 Å². The van der Waals surface area contributed by atoms with Crippen LogP contribution >= 0.6 is 0 Å². The van der Waals surface area contributed by atoms with Gasteiger partial charge in [-0.05, 0) is 89.6 Å². The highest BCUT2D eigenvalue weighted by Gasteiger charge is 2.44. The van der Waals surface area contributed by atoms with Crippen molar-refractivity contribution in [1.29, 1.82) is 0 Å². The van der Waals surface area contributed by atoms with Crippen molar-refractivity contribution in [3.8, 4) is 12.3 Å². The van der Waals surface area contributed by atoms with Gasteiger partial charge in [0.25, 0.3) is 5.91 Å². The number of benzene rings is 2. The molecule has 0 aliphatic rings. The Bertz CT molecular complexity index is 1250. The number of para-hydroxylation sites is 1. The number of anilines is 1. The van der Waals surface area contributed by atoms with Crippen molar-refractivity contribution in [2.45, 2.75) is 105 Å². The number of terminal acetylenes is 1. The summed E-state index contributed by atoms with van der Waals surface area (Å²) in [6.45, 7) is 18.9. The van der Waals surface area contributed by atoms with Crippen LogP contribution in [0.25, 0.3) is 0 Å². The minimum Gasteiger partial charge on any atom is -0.444 e. The van der Waals surface area contributed by atoms with Gasteiger partial charge in [-0.3, -0.25) is 9.59 Å². The highest BCUT2D eigenvalue weighted by molar-refractivity contribution is 6.00. The number of hydrogen-bond acceptors (Lipinski definition) is 4. The molecule has 0 fully saturated rings. The smallest absolute Gasteiger partial charge is 0.408 e. The van der Waals surface area contributed by atoms with Gasteiger partial charge in [0, 0.05) is 16.8 Å². The average molecular weight is 562 g/mol. The van der Waals surface area contributed by atoms with E-state index in [1.807, 2.05) is 66.7 Å². The van der Waals surface area contributed by atoms with Crippen LogP contribution in [0.15, 0.2) is 42.5 Å². The van der Waals surface area contributed by atoms with Crippen molar-refractivity contribution in [2.24, 2.45) is 5.92 Å². The zero-order valence-corrected chi connectivity index (χ0v) is 26.3. The van der Waals surface area contributed by atoms with Gasteiger partial charge in [-0.2, -0.15) is 0 Å². The van der Waals surface area contributed by atoms with E-state index in [9.17, 15) is 14.4 Å². The van der Waals surface area contributed by atoms with Crippen LogP contribution in [0, 0.1) is 32.1 Å². The molecule has 7 nitrogen and oxygen atoms in total. The highest BCUT2D eigenvalue weighted by Crippen LogP contribution is 2.34. The predicted octanol–water partition coefficient (Wildman–Crippen LogP) is 6.92. The molecule has 0 spiro atoms. The Balaban J connectivity index is 2.72. The zero-order chi connectivity index (χ0) is 31.1. The van der Waals surface area contributed by atoms with Crippen LogP contribution in [-0.2, 0) is 14.3 Å². The minimum absolute atomic E-state index is 0.226. The summed E-state index contributed by atoms with van der Waals surface area (Å²) in [6, 6.07) is 11.0. The van der Waals surface area contributed by atoms with Crippen LogP contribution < -0.4 is 10.6 Å². The lowest BCUT2D eigenvalue weighted by Gasteiger charge is -2.45. The van der Waals surface area contributed by atoms with Crippen LogP contribution in [0.5, 0.6) is 0 Å². The molecule has 0 aliphatic heterocycles. The zero-order valence-electron chi connectivity index (χ0n) is 26.3. The molecular formula is C34H47N3O4. The maximum absolute atomic E-state index is 14.6. The summed E-state index contributed by atoms with van der Waals surface area (Å²) < 4.78 is 5.51. The first-order chi connectivity index (χ1) is 19.1. The quantitative estimate of drug-likeness (QED) is 0.308. The van der Waals surface area contributed by atoms with E-state index >= 15 is 0 Å². The van der Waals surface area contributed by atoms with E-state index in [-0.39, 0.29) is 17.7 Å². The molecule has 222 valence electrons. The number of nitrogens with zero attached hydrogens (tertiary/aromatic N) is 1. The molecule has 0 radical (unpaired) electrons. The van der Waals surface area contributed by atoms with Gasteiger partial charge < -0.3 is 20.3 Å². The lowest BCUT2D eigenvalue weighted by atomic mass is 9.89. The van der Waals surface area contributed by atoms with E-state index < -0.39 is 29.3 Å². The van der Waals surface area contributed by atoms with Crippen molar-refractivity contribution >= 4 is 23.6 Å². The number of alkyl carbamates (subject to hydrolysis) is 1. The average Bonchev–Trinajstić information content (AvgIpc) is 2.90. The van der Waals surface area contributed by atoms with E-state index in [1.165, 1.54) is 0 Å². The predicted molar refractivity (Wildman–Crippen MR) is 165 cm³/mol. The van der Waals surface area contributed by atoms with Crippen LogP contribution in [0.2, 0.25) is 0 Å². The molecule has 0 heterocycles. The summed E-state index contributed by atoms with van der Waals surface area (Å²) in [6.07, 6.45) is 6.11. The number of hydrogen-bond donors (Lipinski definition) is 2. The summed E-state index contributed by atoms with van der Waals surface area (Å²) >= 11 is 0. The molecule has 3 atom stereocenters. The number of nitrogens with one attached hydrogen (secondary N) is 2. The van der Waals surface area contributed by atoms with Crippen molar-refractivity contribution in [3.63, 3.8) is 0 Å². The largest absolute Gasteiger partial charge is 0.444 e. The first-order valence-electron chi connectivity index (χ1n) is 14.3. The van der Waals surface area contributed by atoms with E-state index in [1.54, 1.807) is 49.9 Å². The topological polar surface area (TPSA) is 87.7 Å². The second kappa shape index (κ2) is 13.7. The number of carbonyl (C=O) groups excluding carboxylic acids is 3. The Morgan fingerprint density at radius 2 is 1.54 bits per heavy atom. The Morgan fingerprint density at radius 1 is 0.976 bits per heavy atom. The third kappa shape index (κ3) is 8.60. The van der Waals surface area contributed by atoms with E-state index in [0.717, 1.165) is 11.1 Å². The summed E-state index contributed by atoms with van der Waals surface area (Å²) in [5, 5.41) is 5.93. The normalized spacial score (nSPS) is 13.8. The SMILES string of the molecule is C#Cc1ccc(C(C(=O)Nc2c(C)cccc2C)N(C(=O)C(NC(=O)OC(C)(C)C)C(C)CC)C(C)(C)CC)cc1. The van der Waals surface area contributed by atoms with Gasteiger partial charge in [0.15, 0.2) is 0 Å². The Kier molecular flexibility index (Phi) is 11.2. The van der Waals surface area contributed by atoms with Gasteiger partial charge in [0.2, 0.25) is 5.91 Å². The van der Waals surface area contributed by atoms with Crippen LogP contribution in [0.1, 0.15) is 96.5 Å². The Hall–Kier alpha value is -3.79. The van der Waals surface area contributed by atoms with E-state index in [2.05, 4.69) is 16.6 Å². The molecule has 2 aromatic rings. The number of aryl methyl sites for hydroxylation is 2. The summed E-state index contributed by atoms with van der Waals surface area (Å²) in [7, 11) is 0. The van der Waals surface area contributed by atoms with Gasteiger partial charge in [-0.1, -0.05) is 63.4 Å². The number of ether oxygens (including phenoxy) is 1. The lowest BCUT2D eigenvalue weighted by molar-refractivity contribution is -0.148. The van der Waals surface area contributed by atoms with Crippen LogP contribution in [0.3, 0.4) is 0 Å². The van der Waals surface area contributed by atoms with Crippen molar-refractivity contribution in [2.75, 3.05) is 5.32 Å². The van der Waals surface area contributed by atoms with Crippen LogP contribution in [-0.4, -0.2) is 40.0 Å². The monoisotopic (exact) mass is 561 g/mol. The third-order valence-electron chi connectivity index (χ3n) is 7.54. The molecule has 0 bridgehead atoms. The van der Waals surface area contributed by atoms with Crippen molar-refractivity contribution in [1.82, 2.24) is 10.2 Å². The first kappa shape index (κ1) is 33.4. The second-order valence-electron chi connectivity index (χ2n) is 12.3. The van der Waals surface area contributed by atoms with Crippen molar-refractivity contribution in [3.05, 3.63) is 64.7 Å².